The van der Waals surface area contributed by atoms with Gasteiger partial charge in [0.15, 0.2) is 12.7 Å². The molecule has 120 valence electrons. The Kier molecular flexibility index (Phi) is 6.17. The second kappa shape index (κ2) is 8.35. The molecule has 1 N–H and O–H groups in total. The molecule has 1 aliphatic heterocycles. The van der Waals surface area contributed by atoms with E-state index in [9.17, 15) is 9.59 Å². The summed E-state index contributed by atoms with van der Waals surface area (Å²) < 4.78 is 20.6. The Bertz CT molecular complexity index is 513. The minimum atomic E-state index is -0.613. The van der Waals surface area contributed by atoms with Crippen molar-refractivity contribution in [3.05, 3.63) is 24.3 Å². The fraction of sp³-hybridized carbons (Fsp3) is 0.467. The molecule has 0 spiro atoms. The highest BCUT2D eigenvalue weighted by molar-refractivity contribution is 5.94. The first kappa shape index (κ1) is 16.3. The van der Waals surface area contributed by atoms with Crippen LogP contribution in [0.4, 0.5) is 5.69 Å². The average molecular weight is 309 g/mol. The molecule has 0 unspecified atom stereocenters. The van der Waals surface area contributed by atoms with Crippen LogP contribution in [-0.4, -0.2) is 51.0 Å². The SMILES string of the molecule is CCOC(=O)COc1cccc(NC(=O)[C@H]2COCCO2)c1. The van der Waals surface area contributed by atoms with Gasteiger partial charge in [0.2, 0.25) is 0 Å². The summed E-state index contributed by atoms with van der Waals surface area (Å²) in [5, 5.41) is 2.72. The molecule has 1 aromatic rings. The zero-order chi connectivity index (χ0) is 15.8. The smallest absolute Gasteiger partial charge is 0.344 e. The maximum Gasteiger partial charge on any atom is 0.344 e. The van der Waals surface area contributed by atoms with Crippen molar-refractivity contribution in [2.24, 2.45) is 0 Å². The summed E-state index contributed by atoms with van der Waals surface area (Å²) in [5.74, 6) is -0.251. The Labute approximate surface area is 128 Å². The van der Waals surface area contributed by atoms with E-state index in [1.54, 1.807) is 31.2 Å². The summed E-state index contributed by atoms with van der Waals surface area (Å²) in [6.45, 7) is 3.00. The Morgan fingerprint density at radius 3 is 2.95 bits per heavy atom. The Balaban J connectivity index is 1.87. The number of anilines is 1. The van der Waals surface area contributed by atoms with Gasteiger partial charge in [0.1, 0.15) is 5.75 Å². The second-order valence-electron chi connectivity index (χ2n) is 4.55. The number of amides is 1. The summed E-state index contributed by atoms with van der Waals surface area (Å²) in [4.78, 5) is 23.2. The normalized spacial score (nSPS) is 17.6. The lowest BCUT2D eigenvalue weighted by atomic mass is 10.2. The number of nitrogens with one attached hydrogen (secondary N) is 1. The highest BCUT2D eigenvalue weighted by atomic mass is 16.6. The van der Waals surface area contributed by atoms with Gasteiger partial charge >= 0.3 is 5.97 Å². The number of esters is 1. The molecule has 2 rings (SSSR count). The summed E-state index contributed by atoms with van der Waals surface area (Å²) >= 11 is 0. The minimum absolute atomic E-state index is 0.176. The molecule has 0 aromatic heterocycles. The number of hydrogen-bond acceptors (Lipinski definition) is 6. The van der Waals surface area contributed by atoms with Crippen molar-refractivity contribution in [3.8, 4) is 5.75 Å². The van der Waals surface area contributed by atoms with E-state index in [2.05, 4.69) is 5.32 Å². The third-order valence-electron chi connectivity index (χ3n) is 2.87. The molecular formula is C15H19NO6. The first-order chi connectivity index (χ1) is 10.7. The fourth-order valence-electron chi connectivity index (χ4n) is 1.87. The number of hydrogen-bond donors (Lipinski definition) is 1. The van der Waals surface area contributed by atoms with E-state index in [4.69, 9.17) is 18.9 Å². The van der Waals surface area contributed by atoms with Crippen LogP contribution in [0.2, 0.25) is 0 Å². The van der Waals surface area contributed by atoms with E-state index in [1.165, 1.54) is 0 Å². The van der Waals surface area contributed by atoms with Crippen LogP contribution in [0.5, 0.6) is 5.75 Å². The predicted molar refractivity (Wildman–Crippen MR) is 77.8 cm³/mol. The molecular weight excluding hydrogens is 290 g/mol. The minimum Gasteiger partial charge on any atom is -0.482 e. The Hall–Kier alpha value is -2.12. The van der Waals surface area contributed by atoms with Crippen molar-refractivity contribution in [1.82, 2.24) is 0 Å². The van der Waals surface area contributed by atoms with Crippen LogP contribution in [-0.2, 0) is 23.8 Å². The average Bonchev–Trinajstić information content (AvgIpc) is 2.54. The largest absolute Gasteiger partial charge is 0.482 e. The van der Waals surface area contributed by atoms with E-state index >= 15 is 0 Å². The number of ether oxygens (including phenoxy) is 4. The van der Waals surface area contributed by atoms with E-state index in [0.717, 1.165) is 0 Å². The van der Waals surface area contributed by atoms with Gasteiger partial charge in [-0.1, -0.05) is 6.07 Å². The summed E-state index contributed by atoms with van der Waals surface area (Å²) in [7, 11) is 0. The van der Waals surface area contributed by atoms with Gasteiger partial charge in [0.25, 0.3) is 5.91 Å². The summed E-state index contributed by atoms with van der Waals surface area (Å²) in [5.41, 5.74) is 0.556. The van der Waals surface area contributed by atoms with Crippen LogP contribution in [0.1, 0.15) is 6.92 Å². The number of carbonyl (C=O) groups excluding carboxylic acids is 2. The molecule has 7 nitrogen and oxygen atoms in total. The maximum atomic E-state index is 12.0. The number of carbonyl (C=O) groups is 2. The van der Waals surface area contributed by atoms with Crippen LogP contribution in [0.15, 0.2) is 24.3 Å². The summed E-state index contributed by atoms with van der Waals surface area (Å²) in [6, 6.07) is 6.75. The topological polar surface area (TPSA) is 83.1 Å². The van der Waals surface area contributed by atoms with Gasteiger partial charge in [-0.15, -0.1) is 0 Å². The molecule has 1 aliphatic rings. The third kappa shape index (κ3) is 5.01. The fourth-order valence-corrected chi connectivity index (χ4v) is 1.87. The van der Waals surface area contributed by atoms with Crippen LogP contribution in [0.25, 0.3) is 0 Å². The van der Waals surface area contributed by atoms with Crippen molar-refractivity contribution < 1.29 is 28.5 Å². The standard InChI is InChI=1S/C15H19NO6/c1-2-20-14(17)10-22-12-5-3-4-11(8-12)16-15(18)13-9-19-6-7-21-13/h3-5,8,13H,2,6-7,9-10H2,1H3,(H,16,18)/t13-/m1/s1. The van der Waals surface area contributed by atoms with Gasteiger partial charge in [-0.3, -0.25) is 4.79 Å². The molecule has 0 bridgehead atoms. The van der Waals surface area contributed by atoms with Crippen molar-refractivity contribution >= 4 is 17.6 Å². The third-order valence-corrected chi connectivity index (χ3v) is 2.87. The van der Waals surface area contributed by atoms with Gasteiger partial charge in [-0.05, 0) is 19.1 Å². The molecule has 0 aliphatic carbocycles. The first-order valence-corrected chi connectivity index (χ1v) is 7.07. The van der Waals surface area contributed by atoms with Crippen molar-refractivity contribution in [2.75, 3.05) is 38.4 Å². The molecule has 1 amide bonds. The van der Waals surface area contributed by atoms with E-state index < -0.39 is 12.1 Å². The zero-order valence-corrected chi connectivity index (χ0v) is 12.4. The van der Waals surface area contributed by atoms with Gasteiger partial charge in [0, 0.05) is 11.8 Å². The molecule has 1 atom stereocenters. The molecule has 0 saturated carbocycles. The van der Waals surface area contributed by atoms with Crippen LogP contribution in [0, 0.1) is 0 Å². The van der Waals surface area contributed by atoms with Crippen molar-refractivity contribution in [3.63, 3.8) is 0 Å². The Morgan fingerprint density at radius 2 is 2.23 bits per heavy atom. The van der Waals surface area contributed by atoms with E-state index in [-0.39, 0.29) is 19.1 Å². The Morgan fingerprint density at radius 1 is 1.36 bits per heavy atom. The second-order valence-corrected chi connectivity index (χ2v) is 4.55. The molecule has 1 aromatic carbocycles. The number of rotatable bonds is 6. The highest BCUT2D eigenvalue weighted by Crippen LogP contribution is 2.18. The zero-order valence-electron chi connectivity index (χ0n) is 12.4. The van der Waals surface area contributed by atoms with Gasteiger partial charge < -0.3 is 24.3 Å². The van der Waals surface area contributed by atoms with Crippen molar-refractivity contribution in [1.29, 1.82) is 0 Å². The molecule has 1 fully saturated rings. The highest BCUT2D eigenvalue weighted by Gasteiger charge is 2.22. The van der Waals surface area contributed by atoms with Gasteiger partial charge in [0.05, 0.1) is 26.4 Å². The molecule has 1 heterocycles. The predicted octanol–water partition coefficient (Wildman–Crippen LogP) is 0.982. The lowest BCUT2D eigenvalue weighted by molar-refractivity contribution is -0.145. The van der Waals surface area contributed by atoms with E-state index in [1.807, 2.05) is 0 Å². The molecule has 0 radical (unpaired) electrons. The van der Waals surface area contributed by atoms with Crippen LogP contribution < -0.4 is 10.1 Å². The monoisotopic (exact) mass is 309 g/mol. The van der Waals surface area contributed by atoms with Gasteiger partial charge in [-0.2, -0.15) is 0 Å². The lowest BCUT2D eigenvalue weighted by Gasteiger charge is -2.22. The molecule has 7 heteroatoms. The van der Waals surface area contributed by atoms with Crippen LogP contribution >= 0.6 is 0 Å². The molecule has 1 saturated heterocycles. The first-order valence-electron chi connectivity index (χ1n) is 7.07. The van der Waals surface area contributed by atoms with E-state index in [0.29, 0.717) is 31.3 Å². The summed E-state index contributed by atoms with van der Waals surface area (Å²) in [6.07, 6.45) is -0.613. The van der Waals surface area contributed by atoms with Gasteiger partial charge in [-0.25, -0.2) is 4.79 Å². The van der Waals surface area contributed by atoms with Crippen molar-refractivity contribution in [2.45, 2.75) is 13.0 Å². The lowest BCUT2D eigenvalue weighted by Crippen LogP contribution is -2.39. The number of benzene rings is 1. The van der Waals surface area contributed by atoms with Crippen LogP contribution in [0.3, 0.4) is 0 Å². The molecule has 22 heavy (non-hydrogen) atoms. The quantitative estimate of drug-likeness (QED) is 0.789. The maximum absolute atomic E-state index is 12.0.